The van der Waals surface area contributed by atoms with Crippen molar-refractivity contribution < 1.29 is 9.59 Å². The molecule has 0 aliphatic heterocycles. The van der Waals surface area contributed by atoms with Crippen LogP contribution in [-0.2, 0) is 16.0 Å². The van der Waals surface area contributed by atoms with Crippen molar-refractivity contribution in [2.75, 3.05) is 10.6 Å². The second-order valence-corrected chi connectivity index (χ2v) is 5.50. The lowest BCUT2D eigenvalue weighted by atomic mass is 10.1. The van der Waals surface area contributed by atoms with Gasteiger partial charge < -0.3 is 10.6 Å². The average molecular weight is 288 g/mol. The van der Waals surface area contributed by atoms with Gasteiger partial charge in [0.1, 0.15) is 0 Å². The molecule has 20 heavy (non-hydrogen) atoms. The molecule has 0 atom stereocenters. The third-order valence-corrected chi connectivity index (χ3v) is 3.71. The number of nitrogens with one attached hydrogen (secondary N) is 2. The van der Waals surface area contributed by atoms with Gasteiger partial charge in [-0.2, -0.15) is 0 Å². The summed E-state index contributed by atoms with van der Waals surface area (Å²) in [5, 5.41) is 7.57. The summed E-state index contributed by atoms with van der Waals surface area (Å²) >= 11 is 1.56. The highest BCUT2D eigenvalue weighted by atomic mass is 32.1. The van der Waals surface area contributed by atoms with Crippen LogP contribution >= 0.6 is 11.3 Å². The first-order valence-corrected chi connectivity index (χ1v) is 7.13. The van der Waals surface area contributed by atoms with Crippen molar-refractivity contribution in [3.05, 3.63) is 46.2 Å². The van der Waals surface area contributed by atoms with E-state index in [2.05, 4.69) is 10.6 Å². The molecule has 0 spiro atoms. The molecule has 2 N–H and O–H groups in total. The molecular formula is C15H16N2O2S. The van der Waals surface area contributed by atoms with Crippen molar-refractivity contribution in [3.63, 3.8) is 0 Å². The number of amides is 2. The van der Waals surface area contributed by atoms with Gasteiger partial charge in [-0.1, -0.05) is 12.1 Å². The summed E-state index contributed by atoms with van der Waals surface area (Å²) in [6.45, 7) is 3.33. The highest BCUT2D eigenvalue weighted by molar-refractivity contribution is 7.10. The van der Waals surface area contributed by atoms with Crippen molar-refractivity contribution in [2.45, 2.75) is 20.3 Å². The molecule has 5 heteroatoms. The fraction of sp³-hybridized carbons (Fsp3) is 0.200. The Balaban J connectivity index is 2.09. The normalized spacial score (nSPS) is 10.1. The summed E-state index contributed by atoms with van der Waals surface area (Å²) < 4.78 is 0. The van der Waals surface area contributed by atoms with Crippen LogP contribution in [0.5, 0.6) is 0 Å². The molecule has 0 unspecified atom stereocenters. The van der Waals surface area contributed by atoms with Gasteiger partial charge in [-0.25, -0.2) is 0 Å². The zero-order valence-corrected chi connectivity index (χ0v) is 12.2. The number of hydrogen-bond acceptors (Lipinski definition) is 3. The fourth-order valence-corrected chi connectivity index (χ4v) is 2.57. The van der Waals surface area contributed by atoms with Crippen LogP contribution in [0.3, 0.4) is 0 Å². The smallest absolute Gasteiger partial charge is 0.229 e. The molecule has 0 saturated heterocycles. The summed E-state index contributed by atoms with van der Waals surface area (Å²) in [5.74, 6) is -0.189. The fourth-order valence-electron chi connectivity index (χ4n) is 1.86. The number of thiophene rings is 1. The van der Waals surface area contributed by atoms with E-state index in [9.17, 15) is 9.59 Å². The van der Waals surface area contributed by atoms with Crippen molar-refractivity contribution in [1.82, 2.24) is 0 Å². The maximum Gasteiger partial charge on any atom is 0.229 e. The van der Waals surface area contributed by atoms with Gasteiger partial charge in [0.05, 0.1) is 6.42 Å². The lowest BCUT2D eigenvalue weighted by Gasteiger charge is -2.12. The van der Waals surface area contributed by atoms with E-state index in [1.54, 1.807) is 17.4 Å². The second-order valence-electron chi connectivity index (χ2n) is 4.46. The van der Waals surface area contributed by atoms with Crippen molar-refractivity contribution in [1.29, 1.82) is 0 Å². The van der Waals surface area contributed by atoms with E-state index in [1.807, 2.05) is 36.6 Å². The van der Waals surface area contributed by atoms with E-state index in [1.165, 1.54) is 6.92 Å². The molecule has 0 fully saturated rings. The molecule has 1 heterocycles. The Kier molecular flexibility index (Phi) is 4.53. The molecule has 1 aromatic carbocycles. The minimum Gasteiger partial charge on any atom is -0.326 e. The Hall–Kier alpha value is -2.14. The van der Waals surface area contributed by atoms with E-state index in [0.29, 0.717) is 12.1 Å². The molecular weight excluding hydrogens is 272 g/mol. The molecule has 1 aromatic heterocycles. The van der Waals surface area contributed by atoms with Gasteiger partial charge in [0.2, 0.25) is 11.8 Å². The molecule has 0 aliphatic carbocycles. The van der Waals surface area contributed by atoms with E-state index in [4.69, 9.17) is 0 Å². The van der Waals surface area contributed by atoms with Crippen LogP contribution in [0.25, 0.3) is 0 Å². The first-order chi connectivity index (χ1) is 9.56. The lowest BCUT2D eigenvalue weighted by molar-refractivity contribution is -0.115. The molecule has 2 amide bonds. The van der Waals surface area contributed by atoms with E-state index in [-0.39, 0.29) is 11.8 Å². The summed E-state index contributed by atoms with van der Waals surface area (Å²) in [6.07, 6.45) is 0.363. The first kappa shape index (κ1) is 14.3. The van der Waals surface area contributed by atoms with Crippen molar-refractivity contribution in [3.8, 4) is 0 Å². The third kappa shape index (κ3) is 3.68. The van der Waals surface area contributed by atoms with Crippen LogP contribution in [0.4, 0.5) is 11.4 Å². The molecule has 0 saturated carbocycles. The Labute approximate surface area is 121 Å². The highest BCUT2D eigenvalue weighted by Gasteiger charge is 2.09. The van der Waals surface area contributed by atoms with Gasteiger partial charge in [0.25, 0.3) is 0 Å². The van der Waals surface area contributed by atoms with Gasteiger partial charge in [-0.15, -0.1) is 11.3 Å². The Morgan fingerprint density at radius 3 is 2.40 bits per heavy atom. The van der Waals surface area contributed by atoms with Crippen LogP contribution < -0.4 is 10.6 Å². The number of carbonyl (C=O) groups excluding carboxylic acids is 2. The Bertz CT molecular complexity index is 621. The van der Waals surface area contributed by atoms with Gasteiger partial charge >= 0.3 is 0 Å². The van der Waals surface area contributed by atoms with Crippen LogP contribution in [0, 0.1) is 6.92 Å². The van der Waals surface area contributed by atoms with Crippen LogP contribution in [0.2, 0.25) is 0 Å². The molecule has 0 aliphatic rings. The molecule has 2 aromatic rings. The number of rotatable bonds is 4. The second kappa shape index (κ2) is 6.34. The van der Waals surface area contributed by atoms with Crippen LogP contribution in [0.1, 0.15) is 17.4 Å². The average Bonchev–Trinajstić information content (AvgIpc) is 2.86. The molecule has 2 rings (SSSR count). The summed E-state index contributed by atoms with van der Waals surface area (Å²) in [4.78, 5) is 24.1. The number of hydrogen-bond donors (Lipinski definition) is 2. The lowest BCUT2D eigenvalue weighted by Crippen LogP contribution is -2.15. The third-order valence-electron chi connectivity index (χ3n) is 2.83. The van der Waals surface area contributed by atoms with E-state index >= 15 is 0 Å². The number of carbonyl (C=O) groups is 2. The predicted molar refractivity (Wildman–Crippen MR) is 82.1 cm³/mol. The summed E-state index contributed by atoms with van der Waals surface area (Å²) in [6, 6.07) is 9.30. The first-order valence-electron chi connectivity index (χ1n) is 6.25. The monoisotopic (exact) mass is 288 g/mol. The van der Waals surface area contributed by atoms with Gasteiger partial charge in [0, 0.05) is 23.2 Å². The number of benzene rings is 1. The SMILES string of the molecule is CC(=O)Nc1cccc(NC(=O)Cc2cccs2)c1C. The minimum absolute atomic E-state index is 0.0597. The van der Waals surface area contributed by atoms with Gasteiger partial charge in [-0.05, 0) is 36.1 Å². The van der Waals surface area contributed by atoms with Crippen LogP contribution in [0.15, 0.2) is 35.7 Å². The zero-order valence-electron chi connectivity index (χ0n) is 11.4. The van der Waals surface area contributed by atoms with E-state index < -0.39 is 0 Å². The standard InChI is InChI=1S/C15H16N2O2S/c1-10-13(16-11(2)18)6-3-7-14(10)17-15(19)9-12-5-4-8-20-12/h3-8H,9H2,1-2H3,(H,16,18)(H,17,19). The zero-order chi connectivity index (χ0) is 14.5. The maximum absolute atomic E-state index is 12.0. The summed E-state index contributed by atoms with van der Waals surface area (Å²) in [7, 11) is 0. The molecule has 0 bridgehead atoms. The van der Waals surface area contributed by atoms with Gasteiger partial charge in [0.15, 0.2) is 0 Å². The number of anilines is 2. The minimum atomic E-state index is -0.129. The Morgan fingerprint density at radius 1 is 1.10 bits per heavy atom. The largest absolute Gasteiger partial charge is 0.326 e. The van der Waals surface area contributed by atoms with Gasteiger partial charge in [-0.3, -0.25) is 9.59 Å². The van der Waals surface area contributed by atoms with Crippen LogP contribution in [-0.4, -0.2) is 11.8 Å². The molecule has 0 radical (unpaired) electrons. The van der Waals surface area contributed by atoms with E-state index in [0.717, 1.165) is 16.1 Å². The predicted octanol–water partition coefficient (Wildman–Crippen LogP) is 3.20. The highest BCUT2D eigenvalue weighted by Crippen LogP contribution is 2.23. The quantitative estimate of drug-likeness (QED) is 0.907. The molecule has 4 nitrogen and oxygen atoms in total. The van der Waals surface area contributed by atoms with Crippen molar-refractivity contribution >= 4 is 34.5 Å². The summed E-state index contributed by atoms with van der Waals surface area (Å²) in [5.41, 5.74) is 2.28. The topological polar surface area (TPSA) is 58.2 Å². The maximum atomic E-state index is 12.0. The Morgan fingerprint density at radius 2 is 1.80 bits per heavy atom. The molecule has 104 valence electrons. The van der Waals surface area contributed by atoms with Crippen molar-refractivity contribution in [2.24, 2.45) is 0 Å².